The summed E-state index contributed by atoms with van der Waals surface area (Å²) in [5.41, 5.74) is -0.328. The van der Waals surface area contributed by atoms with Crippen molar-refractivity contribution in [2.75, 3.05) is 0 Å². The second-order valence-corrected chi connectivity index (χ2v) is 7.07. The fourth-order valence-electron chi connectivity index (χ4n) is 2.34. The van der Waals surface area contributed by atoms with Gasteiger partial charge in [-0.15, -0.1) is 0 Å². The first kappa shape index (κ1) is 10.6. The van der Waals surface area contributed by atoms with Gasteiger partial charge in [-0.3, -0.25) is 0 Å². The van der Waals surface area contributed by atoms with Gasteiger partial charge in [-0.2, -0.15) is 0 Å². The first-order valence-corrected chi connectivity index (χ1v) is 5.89. The Kier molecular flexibility index (Phi) is 2.64. The summed E-state index contributed by atoms with van der Waals surface area (Å²) in [5, 5.41) is 13.1. The molecule has 1 rings (SSSR count). The fourth-order valence-corrected chi connectivity index (χ4v) is 4.76. The fraction of sp³-hybridized carbons (Fsp3) is 1.00. The molecule has 0 aromatic carbocycles. The molecular weight excluding hydrogens is 213 g/mol. The summed E-state index contributed by atoms with van der Waals surface area (Å²) in [6.07, 6.45) is 2.08. The summed E-state index contributed by atoms with van der Waals surface area (Å²) in [4.78, 5) is 0. The Hall–Kier alpha value is 0.478. The quantitative estimate of drug-likeness (QED) is 0.579. The van der Waals surface area contributed by atoms with Crippen LogP contribution >= 0.6 is 0 Å². The number of rotatable bonds is 0. The Labute approximate surface area is 83.8 Å². The molecule has 0 saturated carbocycles. The molecule has 0 aromatic rings. The van der Waals surface area contributed by atoms with E-state index in [1.807, 2.05) is 27.7 Å². The van der Waals surface area contributed by atoms with Crippen LogP contribution in [-0.4, -0.2) is 33.0 Å². The minimum absolute atomic E-state index is 0.164. The van der Waals surface area contributed by atoms with Crippen molar-refractivity contribution in [3.63, 3.8) is 0 Å². The molecule has 12 heavy (non-hydrogen) atoms. The van der Waals surface area contributed by atoms with Crippen LogP contribution < -0.4 is 0 Å². The van der Waals surface area contributed by atoms with E-state index in [1.54, 1.807) is 16.9 Å². The van der Waals surface area contributed by atoms with Crippen molar-refractivity contribution in [2.24, 2.45) is 0 Å². The summed E-state index contributed by atoms with van der Waals surface area (Å²) in [5.74, 6) is 0. The van der Waals surface area contributed by atoms with Gasteiger partial charge in [-0.25, -0.2) is 0 Å². The third-order valence-corrected chi connectivity index (χ3v) is 3.61. The summed E-state index contributed by atoms with van der Waals surface area (Å²) >= 11 is 1.78. The Morgan fingerprint density at radius 1 is 1.17 bits per heavy atom. The molecular formula is C9H19AsNO. The van der Waals surface area contributed by atoms with E-state index in [0.717, 1.165) is 17.5 Å². The normalized spacial score (nSPS) is 30.5. The maximum absolute atomic E-state index is 11.8. The van der Waals surface area contributed by atoms with Crippen molar-refractivity contribution in [2.45, 2.75) is 56.3 Å². The minimum atomic E-state index is -0.164. The molecule has 1 radical (unpaired) electrons. The standard InChI is InChI=1S/C9H19AsNO/c1-8(2)5-7(10)6-9(3,4)11(8)12/h7H,5-6,10H2,1-4H3. The molecule has 3 heteroatoms. The Morgan fingerprint density at radius 2 is 1.50 bits per heavy atom. The van der Waals surface area contributed by atoms with Gasteiger partial charge in [0.2, 0.25) is 0 Å². The zero-order valence-corrected chi connectivity index (χ0v) is 10.8. The Balaban J connectivity index is 2.84. The van der Waals surface area contributed by atoms with Crippen molar-refractivity contribution in [1.82, 2.24) is 5.06 Å². The van der Waals surface area contributed by atoms with Crippen molar-refractivity contribution in [1.29, 1.82) is 0 Å². The van der Waals surface area contributed by atoms with Gasteiger partial charge in [0.1, 0.15) is 0 Å². The molecule has 0 spiro atoms. The van der Waals surface area contributed by atoms with Gasteiger partial charge in [-0.05, 0) is 0 Å². The zero-order valence-electron chi connectivity index (χ0n) is 8.42. The van der Waals surface area contributed by atoms with Crippen molar-refractivity contribution in [3.05, 3.63) is 0 Å². The number of hydrogen-bond acceptors (Lipinski definition) is 1. The van der Waals surface area contributed by atoms with Crippen molar-refractivity contribution >= 4 is 16.9 Å². The molecule has 1 heterocycles. The van der Waals surface area contributed by atoms with Crippen LogP contribution in [0, 0.1) is 0 Å². The van der Waals surface area contributed by atoms with E-state index in [1.165, 1.54) is 5.06 Å². The van der Waals surface area contributed by atoms with Gasteiger partial charge in [0.25, 0.3) is 0 Å². The van der Waals surface area contributed by atoms with Crippen LogP contribution in [0.4, 0.5) is 0 Å². The molecule has 1 aliphatic rings. The van der Waals surface area contributed by atoms with E-state index in [4.69, 9.17) is 0 Å². The average Bonchev–Trinajstić information content (AvgIpc) is 1.80. The molecule has 0 N–H and O–H groups in total. The summed E-state index contributed by atoms with van der Waals surface area (Å²) in [6, 6.07) is 0. The van der Waals surface area contributed by atoms with E-state index in [2.05, 4.69) is 0 Å². The Morgan fingerprint density at radius 3 is 1.83 bits per heavy atom. The SMILES string of the molecule is CC1(C)CC([AsH2])CC(C)(C)N1[O]. The molecule has 0 aromatic heterocycles. The number of nitrogens with zero attached hydrogens (tertiary/aromatic N) is 1. The van der Waals surface area contributed by atoms with E-state index >= 15 is 0 Å². The first-order valence-electron chi connectivity index (χ1n) is 4.49. The van der Waals surface area contributed by atoms with Gasteiger partial charge >= 0.3 is 83.4 Å². The van der Waals surface area contributed by atoms with Crippen molar-refractivity contribution in [3.8, 4) is 0 Å². The van der Waals surface area contributed by atoms with E-state index in [9.17, 15) is 5.21 Å². The zero-order chi connectivity index (χ0) is 9.57. The number of piperidine rings is 1. The molecule has 2 nitrogen and oxygen atoms in total. The summed E-state index contributed by atoms with van der Waals surface area (Å²) < 4.78 is 0.729. The van der Waals surface area contributed by atoms with Gasteiger partial charge < -0.3 is 0 Å². The predicted octanol–water partition coefficient (Wildman–Crippen LogP) is 1.41. The summed E-state index contributed by atoms with van der Waals surface area (Å²) in [6.45, 7) is 8.20. The molecule has 1 unspecified atom stereocenters. The third-order valence-electron chi connectivity index (χ3n) is 2.62. The molecule has 1 aliphatic heterocycles. The molecule has 0 amide bonds. The van der Waals surface area contributed by atoms with Crippen molar-refractivity contribution < 1.29 is 5.21 Å². The number of hydrogen-bond donors (Lipinski definition) is 0. The predicted molar refractivity (Wildman–Crippen MR) is 52.2 cm³/mol. The van der Waals surface area contributed by atoms with Gasteiger partial charge in [-0.1, -0.05) is 0 Å². The van der Waals surface area contributed by atoms with Crippen LogP contribution in [0.15, 0.2) is 0 Å². The van der Waals surface area contributed by atoms with Crippen LogP contribution in [0.2, 0.25) is 4.71 Å². The second-order valence-electron chi connectivity index (χ2n) is 5.09. The molecule has 0 bridgehead atoms. The molecule has 1 saturated heterocycles. The maximum atomic E-state index is 11.8. The van der Waals surface area contributed by atoms with Gasteiger partial charge in [0.05, 0.1) is 0 Å². The van der Waals surface area contributed by atoms with E-state index < -0.39 is 0 Å². The monoisotopic (exact) mass is 232 g/mol. The van der Waals surface area contributed by atoms with Crippen LogP contribution in [0.5, 0.6) is 0 Å². The number of hydroxylamine groups is 2. The van der Waals surface area contributed by atoms with E-state index in [-0.39, 0.29) is 11.1 Å². The van der Waals surface area contributed by atoms with Gasteiger partial charge in [0, 0.05) is 0 Å². The molecule has 1 atom stereocenters. The average molecular weight is 232 g/mol. The van der Waals surface area contributed by atoms with Gasteiger partial charge in [0.15, 0.2) is 0 Å². The van der Waals surface area contributed by atoms with Crippen LogP contribution in [-0.2, 0) is 5.21 Å². The van der Waals surface area contributed by atoms with Crippen LogP contribution in [0.3, 0.4) is 0 Å². The molecule has 1 fully saturated rings. The molecule has 71 valence electrons. The van der Waals surface area contributed by atoms with Crippen LogP contribution in [0.25, 0.3) is 0 Å². The first-order chi connectivity index (χ1) is 5.26. The second kappa shape index (κ2) is 3.01. The summed E-state index contributed by atoms with van der Waals surface area (Å²) in [7, 11) is 0. The van der Waals surface area contributed by atoms with Crippen LogP contribution in [0.1, 0.15) is 40.5 Å². The third kappa shape index (κ3) is 1.86. The Bertz CT molecular complexity index is 161. The van der Waals surface area contributed by atoms with E-state index in [0.29, 0.717) is 0 Å². The molecule has 0 aliphatic carbocycles. The topological polar surface area (TPSA) is 23.1 Å².